The minimum absolute atomic E-state index is 0.0970. The smallest absolute Gasteiger partial charge is 0.261 e. The maximum Gasteiger partial charge on any atom is 0.261 e. The number of ether oxygens (including phenoxy) is 1. The van der Waals surface area contributed by atoms with Crippen molar-refractivity contribution in [2.24, 2.45) is 0 Å². The zero-order chi connectivity index (χ0) is 19.4. The van der Waals surface area contributed by atoms with Crippen molar-refractivity contribution in [3.8, 4) is 17.2 Å². The Balaban J connectivity index is 1.56. The van der Waals surface area contributed by atoms with Crippen molar-refractivity contribution in [2.45, 2.75) is 26.5 Å². The lowest BCUT2D eigenvalue weighted by Gasteiger charge is -2.15. The number of halogens is 2. The molecule has 0 unspecified atom stereocenters. The Morgan fingerprint density at radius 2 is 1.93 bits per heavy atom. The maximum absolute atomic E-state index is 12.2. The summed E-state index contributed by atoms with van der Waals surface area (Å²) in [6.07, 6.45) is -0.761. The van der Waals surface area contributed by atoms with Crippen LogP contribution in [0.2, 0.25) is 10.0 Å². The summed E-state index contributed by atoms with van der Waals surface area (Å²) in [5.41, 5.74) is 1.96. The normalized spacial score (nSPS) is 11.9. The number of aryl methyl sites for hydroxylation is 1. The largest absolute Gasteiger partial charge is 0.479 e. The number of amides is 1. The number of nitrogens with one attached hydrogen (secondary N) is 1. The van der Waals surface area contributed by atoms with Crippen LogP contribution in [0.4, 0.5) is 0 Å². The number of aromatic nitrogens is 2. The third-order valence-corrected chi connectivity index (χ3v) is 4.28. The number of rotatable bonds is 6. The second-order valence-corrected chi connectivity index (χ2v) is 6.76. The molecule has 0 spiro atoms. The van der Waals surface area contributed by atoms with Crippen molar-refractivity contribution >= 4 is 29.1 Å². The summed E-state index contributed by atoms with van der Waals surface area (Å²) in [7, 11) is 0. The lowest BCUT2D eigenvalue weighted by atomic mass is 10.1. The van der Waals surface area contributed by atoms with E-state index in [9.17, 15) is 4.79 Å². The van der Waals surface area contributed by atoms with Gasteiger partial charge in [-0.15, -0.1) is 10.2 Å². The van der Waals surface area contributed by atoms with E-state index in [4.69, 9.17) is 32.4 Å². The van der Waals surface area contributed by atoms with Crippen LogP contribution in [-0.2, 0) is 11.3 Å². The molecule has 8 heteroatoms. The molecule has 1 amide bonds. The summed E-state index contributed by atoms with van der Waals surface area (Å²) in [5.74, 6) is 0.742. The first-order valence-electron chi connectivity index (χ1n) is 8.21. The second-order valence-electron chi connectivity index (χ2n) is 5.92. The molecule has 3 rings (SSSR count). The van der Waals surface area contributed by atoms with E-state index in [0.717, 1.165) is 11.1 Å². The highest BCUT2D eigenvalue weighted by atomic mass is 35.5. The zero-order valence-corrected chi connectivity index (χ0v) is 16.2. The molecule has 0 fully saturated rings. The SMILES string of the molecule is Cc1ccc(-c2nnc(CNC(=O)[C@H](C)Oc3ccc(Cl)cc3Cl)o2)cc1. The van der Waals surface area contributed by atoms with Gasteiger partial charge in [-0.25, -0.2) is 0 Å². The van der Waals surface area contributed by atoms with Gasteiger partial charge in [0.2, 0.25) is 11.8 Å². The van der Waals surface area contributed by atoms with Gasteiger partial charge in [-0.1, -0.05) is 40.9 Å². The Morgan fingerprint density at radius 1 is 1.19 bits per heavy atom. The van der Waals surface area contributed by atoms with Crippen LogP contribution in [-0.4, -0.2) is 22.2 Å². The first-order valence-corrected chi connectivity index (χ1v) is 8.97. The van der Waals surface area contributed by atoms with Gasteiger partial charge in [-0.3, -0.25) is 4.79 Å². The minimum atomic E-state index is -0.761. The summed E-state index contributed by atoms with van der Waals surface area (Å²) in [6.45, 7) is 3.71. The van der Waals surface area contributed by atoms with Gasteiger partial charge < -0.3 is 14.5 Å². The predicted molar refractivity (Wildman–Crippen MR) is 103 cm³/mol. The fourth-order valence-corrected chi connectivity index (χ4v) is 2.71. The molecule has 1 aromatic heterocycles. The molecule has 1 heterocycles. The molecule has 1 atom stereocenters. The summed E-state index contributed by atoms with van der Waals surface area (Å²) in [6, 6.07) is 12.5. The molecule has 6 nitrogen and oxygen atoms in total. The van der Waals surface area contributed by atoms with E-state index in [-0.39, 0.29) is 12.5 Å². The maximum atomic E-state index is 12.2. The van der Waals surface area contributed by atoms with Gasteiger partial charge in [-0.2, -0.15) is 0 Å². The third-order valence-electron chi connectivity index (χ3n) is 3.75. The summed E-state index contributed by atoms with van der Waals surface area (Å²) in [5, 5.41) is 11.5. The van der Waals surface area contributed by atoms with Crippen molar-refractivity contribution in [3.63, 3.8) is 0 Å². The Bertz CT molecular complexity index is 942. The standard InChI is InChI=1S/C19H17Cl2N3O3/c1-11-3-5-13(6-4-11)19-24-23-17(27-19)10-22-18(25)12(2)26-16-8-7-14(20)9-15(16)21/h3-9,12H,10H2,1-2H3,(H,22,25)/t12-/m0/s1. The van der Waals surface area contributed by atoms with Crippen LogP contribution in [0, 0.1) is 6.92 Å². The van der Waals surface area contributed by atoms with Crippen LogP contribution in [0.25, 0.3) is 11.5 Å². The van der Waals surface area contributed by atoms with E-state index in [1.807, 2.05) is 31.2 Å². The molecular weight excluding hydrogens is 389 g/mol. The average molecular weight is 406 g/mol. The predicted octanol–water partition coefficient (Wildman–Crippen LogP) is 4.44. The van der Waals surface area contributed by atoms with E-state index in [2.05, 4.69) is 15.5 Å². The Morgan fingerprint density at radius 3 is 2.63 bits per heavy atom. The summed E-state index contributed by atoms with van der Waals surface area (Å²) < 4.78 is 11.1. The van der Waals surface area contributed by atoms with Crippen molar-refractivity contribution < 1.29 is 13.9 Å². The molecule has 0 radical (unpaired) electrons. The first-order chi connectivity index (χ1) is 12.9. The monoisotopic (exact) mass is 405 g/mol. The van der Waals surface area contributed by atoms with E-state index in [0.29, 0.717) is 27.6 Å². The third kappa shape index (κ3) is 4.99. The average Bonchev–Trinajstić information content (AvgIpc) is 3.11. The van der Waals surface area contributed by atoms with Crippen LogP contribution in [0.15, 0.2) is 46.9 Å². The topological polar surface area (TPSA) is 77.2 Å². The van der Waals surface area contributed by atoms with Crippen LogP contribution >= 0.6 is 23.2 Å². The molecule has 27 heavy (non-hydrogen) atoms. The van der Waals surface area contributed by atoms with Crippen LogP contribution in [0.1, 0.15) is 18.4 Å². The van der Waals surface area contributed by atoms with E-state index < -0.39 is 6.10 Å². The molecule has 0 saturated heterocycles. The Hall–Kier alpha value is -2.57. The van der Waals surface area contributed by atoms with Gasteiger partial charge in [0.1, 0.15) is 5.75 Å². The number of hydrogen-bond acceptors (Lipinski definition) is 5. The fraction of sp³-hybridized carbons (Fsp3) is 0.211. The molecule has 2 aromatic carbocycles. The van der Waals surface area contributed by atoms with Crippen molar-refractivity contribution in [3.05, 3.63) is 64.0 Å². The van der Waals surface area contributed by atoms with Gasteiger partial charge in [0.25, 0.3) is 5.91 Å². The van der Waals surface area contributed by atoms with Crippen molar-refractivity contribution in [1.82, 2.24) is 15.5 Å². The van der Waals surface area contributed by atoms with Crippen LogP contribution < -0.4 is 10.1 Å². The highest BCUT2D eigenvalue weighted by Crippen LogP contribution is 2.28. The molecule has 0 aliphatic heterocycles. The molecule has 0 aliphatic carbocycles. The molecule has 140 valence electrons. The van der Waals surface area contributed by atoms with Gasteiger partial charge in [0.15, 0.2) is 6.10 Å². The van der Waals surface area contributed by atoms with Gasteiger partial charge >= 0.3 is 0 Å². The number of hydrogen-bond donors (Lipinski definition) is 1. The number of benzene rings is 2. The lowest BCUT2D eigenvalue weighted by molar-refractivity contribution is -0.127. The van der Waals surface area contributed by atoms with Crippen molar-refractivity contribution in [1.29, 1.82) is 0 Å². The molecule has 0 aliphatic rings. The first kappa shape index (κ1) is 19.2. The zero-order valence-electron chi connectivity index (χ0n) is 14.7. The van der Waals surface area contributed by atoms with Crippen LogP contribution in [0.3, 0.4) is 0 Å². The number of carbonyl (C=O) groups is 1. The van der Waals surface area contributed by atoms with Crippen LogP contribution in [0.5, 0.6) is 5.75 Å². The van der Waals surface area contributed by atoms with Gasteiger partial charge in [0.05, 0.1) is 11.6 Å². The second kappa shape index (κ2) is 8.41. The number of nitrogens with zero attached hydrogens (tertiary/aromatic N) is 2. The van der Waals surface area contributed by atoms with Gasteiger partial charge in [-0.05, 0) is 44.2 Å². The quantitative estimate of drug-likeness (QED) is 0.655. The highest BCUT2D eigenvalue weighted by molar-refractivity contribution is 6.35. The van der Waals surface area contributed by atoms with Gasteiger partial charge in [0, 0.05) is 10.6 Å². The minimum Gasteiger partial charge on any atom is -0.479 e. The molecule has 0 saturated carbocycles. The molecule has 1 N–H and O–H groups in total. The summed E-state index contributed by atoms with van der Waals surface area (Å²) in [4.78, 5) is 12.2. The summed E-state index contributed by atoms with van der Waals surface area (Å²) >= 11 is 11.9. The number of carbonyl (C=O) groups excluding carboxylic acids is 1. The molecular formula is C19H17Cl2N3O3. The van der Waals surface area contributed by atoms with Crippen molar-refractivity contribution in [2.75, 3.05) is 0 Å². The van der Waals surface area contributed by atoms with E-state index in [1.54, 1.807) is 25.1 Å². The Labute approximate surface area is 166 Å². The van der Waals surface area contributed by atoms with E-state index in [1.165, 1.54) is 0 Å². The Kier molecular flexibility index (Phi) is 5.98. The molecule has 0 bridgehead atoms. The lowest BCUT2D eigenvalue weighted by Crippen LogP contribution is -2.36. The highest BCUT2D eigenvalue weighted by Gasteiger charge is 2.17. The van der Waals surface area contributed by atoms with E-state index >= 15 is 0 Å². The fourth-order valence-electron chi connectivity index (χ4n) is 2.26. The molecule has 3 aromatic rings.